The lowest BCUT2D eigenvalue weighted by Crippen LogP contribution is -2.52. The Kier molecular flexibility index (Phi) is 7.77. The molecular formula is C27H35N5O6S. The highest BCUT2D eigenvalue weighted by atomic mass is 32.2. The molecule has 0 spiro atoms. The molecule has 3 heterocycles. The first-order valence-electron chi connectivity index (χ1n) is 13.5. The zero-order chi connectivity index (χ0) is 27.7. The second-order valence-corrected chi connectivity index (χ2v) is 12.4. The van der Waals surface area contributed by atoms with Gasteiger partial charge in [-0.1, -0.05) is 31.4 Å². The number of benzene rings is 1. The van der Waals surface area contributed by atoms with Gasteiger partial charge in [-0.05, 0) is 44.7 Å². The van der Waals surface area contributed by atoms with Crippen LogP contribution in [-0.2, 0) is 31.4 Å². The van der Waals surface area contributed by atoms with Crippen LogP contribution < -0.4 is 5.32 Å². The second-order valence-electron chi connectivity index (χ2n) is 10.6. The van der Waals surface area contributed by atoms with Crippen molar-refractivity contribution in [3.05, 3.63) is 47.3 Å². The maximum absolute atomic E-state index is 14.0. The van der Waals surface area contributed by atoms with Crippen molar-refractivity contribution in [1.29, 1.82) is 0 Å². The van der Waals surface area contributed by atoms with Crippen molar-refractivity contribution in [2.24, 2.45) is 7.05 Å². The summed E-state index contributed by atoms with van der Waals surface area (Å²) in [6, 6.07) is 4.86. The molecule has 12 heteroatoms. The molecule has 2 fully saturated rings. The number of carbonyl (C=O) groups is 3. The summed E-state index contributed by atoms with van der Waals surface area (Å²) >= 11 is 0. The summed E-state index contributed by atoms with van der Waals surface area (Å²) in [5.41, 5.74) is 1.17. The number of aryl methyl sites for hydroxylation is 2. The van der Waals surface area contributed by atoms with E-state index in [9.17, 15) is 22.8 Å². The van der Waals surface area contributed by atoms with Crippen LogP contribution in [-0.4, -0.2) is 77.0 Å². The summed E-state index contributed by atoms with van der Waals surface area (Å²) in [5.74, 6) is -1.75. The van der Waals surface area contributed by atoms with E-state index in [1.807, 2.05) is 0 Å². The van der Waals surface area contributed by atoms with Gasteiger partial charge in [0.05, 0.1) is 17.4 Å². The molecule has 2 atom stereocenters. The highest BCUT2D eigenvalue weighted by Gasteiger charge is 2.44. The van der Waals surface area contributed by atoms with Crippen LogP contribution in [0.15, 0.2) is 35.4 Å². The maximum Gasteiger partial charge on any atom is 0.269 e. The van der Waals surface area contributed by atoms with Crippen molar-refractivity contribution in [2.75, 3.05) is 19.7 Å². The van der Waals surface area contributed by atoms with Crippen molar-refractivity contribution >= 4 is 27.7 Å². The number of fused-ring (bicyclic) bond motifs is 1. The summed E-state index contributed by atoms with van der Waals surface area (Å²) in [4.78, 5) is 42.2. The van der Waals surface area contributed by atoms with E-state index >= 15 is 0 Å². The van der Waals surface area contributed by atoms with E-state index in [0.717, 1.165) is 38.5 Å². The number of aromatic nitrogens is 2. The number of rotatable bonds is 8. The van der Waals surface area contributed by atoms with Gasteiger partial charge in [-0.2, -0.15) is 5.10 Å². The Hall–Kier alpha value is -3.25. The van der Waals surface area contributed by atoms with Gasteiger partial charge in [0, 0.05) is 38.0 Å². The maximum atomic E-state index is 14.0. The van der Waals surface area contributed by atoms with Crippen LogP contribution in [0.1, 0.15) is 72.6 Å². The quantitative estimate of drug-likeness (QED) is 0.526. The molecule has 2 aromatic rings. The van der Waals surface area contributed by atoms with Gasteiger partial charge in [-0.3, -0.25) is 19.1 Å². The van der Waals surface area contributed by atoms with E-state index in [2.05, 4.69) is 10.4 Å². The Labute approximate surface area is 228 Å². The Morgan fingerprint density at radius 2 is 1.90 bits per heavy atom. The topological polar surface area (TPSA) is 131 Å². The van der Waals surface area contributed by atoms with Gasteiger partial charge in [-0.15, -0.1) is 0 Å². The molecular weight excluding hydrogens is 522 g/mol. The monoisotopic (exact) mass is 557 g/mol. The lowest BCUT2D eigenvalue weighted by molar-refractivity contribution is -0.143. The van der Waals surface area contributed by atoms with Gasteiger partial charge in [0.1, 0.15) is 17.5 Å². The Morgan fingerprint density at radius 3 is 2.54 bits per heavy atom. The van der Waals surface area contributed by atoms with Gasteiger partial charge in [-0.25, -0.2) is 12.7 Å². The molecule has 5 rings (SSSR count). The van der Waals surface area contributed by atoms with Crippen LogP contribution in [0.25, 0.3) is 0 Å². The molecule has 0 unspecified atom stereocenters. The largest absolute Gasteiger partial charge is 0.376 e. The minimum absolute atomic E-state index is 0.000414. The third-order valence-electron chi connectivity index (χ3n) is 7.79. The summed E-state index contributed by atoms with van der Waals surface area (Å²) in [5, 5.41) is 7.54. The number of carbonyl (C=O) groups excluding carboxylic acids is 3. The zero-order valence-corrected chi connectivity index (χ0v) is 23.2. The molecule has 1 saturated heterocycles. The second kappa shape index (κ2) is 11.1. The Bertz CT molecular complexity index is 1360. The molecule has 1 N–H and O–H groups in total. The van der Waals surface area contributed by atoms with Crippen molar-refractivity contribution in [3.63, 3.8) is 0 Å². The first-order valence-corrected chi connectivity index (χ1v) is 15.0. The molecule has 0 bridgehead atoms. The average Bonchev–Trinajstić information content (AvgIpc) is 3.59. The van der Waals surface area contributed by atoms with E-state index < -0.39 is 34.4 Å². The van der Waals surface area contributed by atoms with Crippen LogP contribution in [0, 0.1) is 6.92 Å². The van der Waals surface area contributed by atoms with Crippen molar-refractivity contribution in [2.45, 2.75) is 75.0 Å². The van der Waals surface area contributed by atoms with E-state index in [4.69, 9.17) is 4.74 Å². The number of nitrogens with one attached hydrogen (secondary N) is 1. The fourth-order valence-corrected chi connectivity index (χ4v) is 7.34. The predicted octanol–water partition coefficient (Wildman–Crippen LogP) is 2.07. The highest BCUT2D eigenvalue weighted by Crippen LogP contribution is 2.32. The summed E-state index contributed by atoms with van der Waals surface area (Å²) in [6.45, 7) is 1.70. The number of sulfonamides is 1. The first-order chi connectivity index (χ1) is 18.7. The number of amides is 3. The highest BCUT2D eigenvalue weighted by molar-refractivity contribution is 7.90. The third-order valence-corrected chi connectivity index (χ3v) is 9.58. The predicted molar refractivity (Wildman–Crippen MR) is 141 cm³/mol. The average molecular weight is 558 g/mol. The summed E-state index contributed by atoms with van der Waals surface area (Å²) < 4.78 is 34.4. The van der Waals surface area contributed by atoms with E-state index in [1.54, 1.807) is 30.9 Å². The fourth-order valence-electron chi connectivity index (χ4n) is 5.82. The molecule has 3 aliphatic rings. The molecule has 1 aromatic heterocycles. The van der Waals surface area contributed by atoms with Crippen LogP contribution in [0.3, 0.4) is 0 Å². The van der Waals surface area contributed by atoms with Crippen LogP contribution in [0.5, 0.6) is 0 Å². The van der Waals surface area contributed by atoms with E-state index in [-0.39, 0.29) is 35.1 Å². The molecule has 1 aliphatic carbocycles. The summed E-state index contributed by atoms with van der Waals surface area (Å²) in [7, 11) is -2.46. The third kappa shape index (κ3) is 5.44. The van der Waals surface area contributed by atoms with Crippen LogP contribution in [0.2, 0.25) is 0 Å². The SMILES string of the molecule is Cc1nn(C)cc1[C@@H](C(=O)NC1CCCCC1)N(C[C@H]1CCCO1)C(=O)CN1C(=O)c2ccccc2S1(=O)=O. The number of ether oxygens (including phenoxy) is 1. The Balaban J connectivity index is 1.49. The molecule has 2 aliphatic heterocycles. The zero-order valence-electron chi connectivity index (χ0n) is 22.3. The lowest BCUT2D eigenvalue weighted by Gasteiger charge is -2.35. The minimum Gasteiger partial charge on any atom is -0.376 e. The number of hydrogen-bond donors (Lipinski definition) is 1. The van der Waals surface area contributed by atoms with E-state index in [0.29, 0.717) is 28.6 Å². The first kappa shape index (κ1) is 27.3. The minimum atomic E-state index is -4.20. The van der Waals surface area contributed by atoms with Crippen LogP contribution in [0.4, 0.5) is 0 Å². The molecule has 39 heavy (non-hydrogen) atoms. The van der Waals surface area contributed by atoms with E-state index in [1.165, 1.54) is 23.1 Å². The standard InChI is InChI=1S/C27H35N5O6S/c1-18-22(16-30(2)29-18)25(26(34)28-19-9-4-3-5-10-19)31(15-20-11-8-14-38-20)24(33)17-32-27(35)21-12-6-7-13-23(21)39(32,36)37/h6-7,12-13,16,19-20,25H,3-5,8-11,14-15,17H2,1-2H3,(H,28,34)/t20-,25+/m1/s1. The molecule has 210 valence electrons. The van der Waals surface area contributed by atoms with Crippen molar-refractivity contribution in [3.8, 4) is 0 Å². The van der Waals surface area contributed by atoms with Gasteiger partial charge >= 0.3 is 0 Å². The molecule has 0 radical (unpaired) electrons. The lowest BCUT2D eigenvalue weighted by atomic mass is 9.94. The molecule has 3 amide bonds. The number of nitrogens with zero attached hydrogens (tertiary/aromatic N) is 4. The van der Waals surface area contributed by atoms with Crippen molar-refractivity contribution < 1.29 is 27.5 Å². The normalized spacial score (nSPS) is 21.5. The van der Waals surface area contributed by atoms with Gasteiger partial charge in [0.2, 0.25) is 11.8 Å². The fraction of sp³-hybridized carbons (Fsp3) is 0.556. The van der Waals surface area contributed by atoms with Gasteiger partial charge in [0.25, 0.3) is 15.9 Å². The molecule has 1 saturated carbocycles. The summed E-state index contributed by atoms with van der Waals surface area (Å²) in [6.07, 6.45) is 7.84. The number of hydrogen-bond acceptors (Lipinski definition) is 7. The van der Waals surface area contributed by atoms with Crippen molar-refractivity contribution in [1.82, 2.24) is 24.3 Å². The van der Waals surface area contributed by atoms with Gasteiger partial charge in [0.15, 0.2) is 0 Å². The molecule has 1 aromatic carbocycles. The molecule has 11 nitrogen and oxygen atoms in total. The Morgan fingerprint density at radius 1 is 1.15 bits per heavy atom. The van der Waals surface area contributed by atoms with Crippen LogP contribution >= 0.6 is 0 Å². The smallest absolute Gasteiger partial charge is 0.269 e. The van der Waals surface area contributed by atoms with Gasteiger partial charge < -0.3 is 15.0 Å².